The van der Waals surface area contributed by atoms with Crippen LogP contribution in [0.3, 0.4) is 0 Å². The fraction of sp³-hybridized carbons (Fsp3) is 0.250. The number of hydrogen-bond donors (Lipinski definition) is 2. The van der Waals surface area contributed by atoms with Crippen LogP contribution in [0.25, 0.3) is 0 Å². The van der Waals surface area contributed by atoms with E-state index in [4.69, 9.17) is 5.73 Å². The number of amides is 1. The van der Waals surface area contributed by atoms with Gasteiger partial charge in [0, 0.05) is 16.2 Å². The van der Waals surface area contributed by atoms with E-state index in [2.05, 4.69) is 27.8 Å². The highest BCUT2D eigenvalue weighted by Gasteiger charge is 2.12. The monoisotopic (exact) mass is 282 g/mol. The second-order valence-electron chi connectivity index (χ2n) is 3.63. The van der Waals surface area contributed by atoms with Gasteiger partial charge in [0.25, 0.3) is 5.91 Å². The number of nitrogens with two attached hydrogens (primary N) is 1. The van der Waals surface area contributed by atoms with Crippen molar-refractivity contribution in [2.24, 2.45) is 0 Å². The van der Waals surface area contributed by atoms with E-state index in [-0.39, 0.29) is 11.9 Å². The van der Waals surface area contributed by atoms with Gasteiger partial charge in [-0.1, -0.05) is 22.0 Å². The highest BCUT2D eigenvalue weighted by Crippen LogP contribution is 2.18. The van der Waals surface area contributed by atoms with E-state index in [1.54, 1.807) is 24.3 Å². The van der Waals surface area contributed by atoms with Crippen LogP contribution < -0.4 is 11.1 Å². The third-order valence-corrected chi connectivity index (χ3v) is 2.65. The lowest BCUT2D eigenvalue weighted by atomic mass is 10.1. The third-order valence-electron chi connectivity index (χ3n) is 2.16. The van der Waals surface area contributed by atoms with Gasteiger partial charge in [-0.3, -0.25) is 4.79 Å². The molecular formula is C12H15BrN2O. The van der Waals surface area contributed by atoms with Gasteiger partial charge in [-0.15, -0.1) is 6.58 Å². The maximum Gasteiger partial charge on any atom is 0.253 e. The Bertz CT molecular complexity index is 404. The molecule has 16 heavy (non-hydrogen) atoms. The van der Waals surface area contributed by atoms with Crippen LogP contribution in [0.5, 0.6) is 0 Å². The zero-order valence-corrected chi connectivity index (χ0v) is 10.8. The number of benzene rings is 1. The average Bonchev–Trinajstić information content (AvgIpc) is 2.21. The van der Waals surface area contributed by atoms with Crippen LogP contribution in [0.2, 0.25) is 0 Å². The second-order valence-corrected chi connectivity index (χ2v) is 4.55. The summed E-state index contributed by atoms with van der Waals surface area (Å²) in [6, 6.07) is 5.28. The van der Waals surface area contributed by atoms with Gasteiger partial charge in [0.15, 0.2) is 0 Å². The Kier molecular flexibility index (Phi) is 4.55. The molecule has 0 aliphatic carbocycles. The first kappa shape index (κ1) is 12.8. The van der Waals surface area contributed by atoms with Gasteiger partial charge >= 0.3 is 0 Å². The zero-order valence-electron chi connectivity index (χ0n) is 9.16. The van der Waals surface area contributed by atoms with Crippen molar-refractivity contribution in [2.45, 2.75) is 19.4 Å². The van der Waals surface area contributed by atoms with Crippen molar-refractivity contribution < 1.29 is 4.79 Å². The number of anilines is 1. The summed E-state index contributed by atoms with van der Waals surface area (Å²) in [5.41, 5.74) is 6.71. The molecule has 0 saturated carbocycles. The SMILES string of the molecule is C=CCC(C)NC(=O)c1cc(Br)ccc1N. The summed E-state index contributed by atoms with van der Waals surface area (Å²) in [6.45, 7) is 5.55. The molecule has 0 saturated heterocycles. The highest BCUT2D eigenvalue weighted by atomic mass is 79.9. The van der Waals surface area contributed by atoms with Gasteiger partial charge in [0.2, 0.25) is 0 Å². The van der Waals surface area contributed by atoms with Crippen LogP contribution in [0.15, 0.2) is 35.3 Å². The Morgan fingerprint density at radius 2 is 2.38 bits per heavy atom. The summed E-state index contributed by atoms with van der Waals surface area (Å²) in [4.78, 5) is 11.9. The quantitative estimate of drug-likeness (QED) is 0.659. The first-order chi connectivity index (χ1) is 7.54. The molecule has 1 aromatic carbocycles. The first-order valence-electron chi connectivity index (χ1n) is 5.01. The Hall–Kier alpha value is -1.29. The highest BCUT2D eigenvalue weighted by molar-refractivity contribution is 9.10. The maximum absolute atomic E-state index is 11.9. The largest absolute Gasteiger partial charge is 0.398 e. The Morgan fingerprint density at radius 1 is 1.69 bits per heavy atom. The van der Waals surface area contributed by atoms with Gasteiger partial charge < -0.3 is 11.1 Å². The van der Waals surface area contributed by atoms with E-state index in [1.165, 1.54) is 0 Å². The van der Waals surface area contributed by atoms with Crippen molar-refractivity contribution in [3.63, 3.8) is 0 Å². The van der Waals surface area contributed by atoms with Crippen molar-refractivity contribution in [1.82, 2.24) is 5.32 Å². The minimum absolute atomic E-state index is 0.0587. The molecule has 1 aromatic rings. The molecule has 86 valence electrons. The average molecular weight is 283 g/mol. The van der Waals surface area contributed by atoms with Crippen LogP contribution in [0, 0.1) is 0 Å². The van der Waals surface area contributed by atoms with E-state index < -0.39 is 0 Å². The Balaban J connectivity index is 2.80. The van der Waals surface area contributed by atoms with E-state index >= 15 is 0 Å². The van der Waals surface area contributed by atoms with Crippen LogP contribution in [-0.4, -0.2) is 11.9 Å². The normalized spacial score (nSPS) is 11.9. The van der Waals surface area contributed by atoms with Crippen LogP contribution >= 0.6 is 15.9 Å². The van der Waals surface area contributed by atoms with E-state index in [0.29, 0.717) is 11.3 Å². The molecule has 0 aliphatic heterocycles. The lowest BCUT2D eigenvalue weighted by Gasteiger charge is -2.13. The molecule has 4 heteroatoms. The van der Waals surface area contributed by atoms with Crippen molar-refractivity contribution in [1.29, 1.82) is 0 Å². The van der Waals surface area contributed by atoms with Gasteiger partial charge in [-0.05, 0) is 31.5 Å². The van der Waals surface area contributed by atoms with E-state index in [9.17, 15) is 4.79 Å². The Morgan fingerprint density at radius 3 is 3.00 bits per heavy atom. The molecule has 0 radical (unpaired) electrons. The standard InChI is InChI=1S/C12H15BrN2O/c1-3-4-8(2)15-12(16)10-7-9(13)5-6-11(10)14/h3,5-8H,1,4,14H2,2H3,(H,15,16). The van der Waals surface area contributed by atoms with Crippen LogP contribution in [-0.2, 0) is 0 Å². The predicted octanol–water partition coefficient (Wildman–Crippen LogP) is 2.73. The van der Waals surface area contributed by atoms with Crippen molar-refractivity contribution >= 4 is 27.5 Å². The van der Waals surface area contributed by atoms with Crippen molar-refractivity contribution in [2.75, 3.05) is 5.73 Å². The number of halogens is 1. The molecule has 3 nitrogen and oxygen atoms in total. The number of rotatable bonds is 4. The van der Waals surface area contributed by atoms with Crippen molar-refractivity contribution in [3.05, 3.63) is 40.9 Å². The molecule has 0 aliphatic rings. The Labute approximate surface area is 104 Å². The lowest BCUT2D eigenvalue weighted by Crippen LogP contribution is -2.32. The number of nitrogens with one attached hydrogen (secondary N) is 1. The summed E-state index contributed by atoms with van der Waals surface area (Å²) in [5, 5.41) is 2.85. The smallest absolute Gasteiger partial charge is 0.253 e. The topological polar surface area (TPSA) is 55.1 Å². The fourth-order valence-electron chi connectivity index (χ4n) is 1.34. The molecule has 1 amide bonds. The number of carbonyl (C=O) groups is 1. The second kappa shape index (κ2) is 5.70. The van der Waals surface area contributed by atoms with E-state index in [1.807, 2.05) is 6.92 Å². The lowest BCUT2D eigenvalue weighted by molar-refractivity contribution is 0.0941. The van der Waals surface area contributed by atoms with Crippen molar-refractivity contribution in [3.8, 4) is 0 Å². The summed E-state index contributed by atoms with van der Waals surface area (Å²) in [6.07, 6.45) is 2.51. The molecule has 0 bridgehead atoms. The van der Waals surface area contributed by atoms with Crippen LogP contribution in [0.4, 0.5) is 5.69 Å². The first-order valence-corrected chi connectivity index (χ1v) is 5.80. The maximum atomic E-state index is 11.9. The molecule has 0 spiro atoms. The van der Waals surface area contributed by atoms with Gasteiger partial charge in [-0.25, -0.2) is 0 Å². The number of carbonyl (C=O) groups excluding carboxylic acids is 1. The van der Waals surface area contributed by atoms with Gasteiger partial charge in [0.1, 0.15) is 0 Å². The number of nitrogen functional groups attached to an aromatic ring is 1. The minimum Gasteiger partial charge on any atom is -0.398 e. The van der Waals surface area contributed by atoms with Crippen LogP contribution in [0.1, 0.15) is 23.7 Å². The zero-order chi connectivity index (χ0) is 12.1. The molecule has 1 atom stereocenters. The minimum atomic E-state index is -0.159. The molecule has 0 heterocycles. The summed E-state index contributed by atoms with van der Waals surface area (Å²) >= 11 is 3.31. The number of hydrogen-bond acceptors (Lipinski definition) is 2. The van der Waals surface area contributed by atoms with E-state index in [0.717, 1.165) is 10.9 Å². The molecule has 0 fully saturated rings. The molecule has 0 aromatic heterocycles. The third kappa shape index (κ3) is 3.38. The fourth-order valence-corrected chi connectivity index (χ4v) is 1.70. The van der Waals surface area contributed by atoms with Gasteiger partial charge in [0.05, 0.1) is 5.56 Å². The molecule has 1 rings (SSSR count). The molecule has 3 N–H and O–H groups in total. The predicted molar refractivity (Wildman–Crippen MR) is 70.3 cm³/mol. The summed E-state index contributed by atoms with van der Waals surface area (Å²) in [7, 11) is 0. The molecule has 1 unspecified atom stereocenters. The van der Waals surface area contributed by atoms with Gasteiger partial charge in [-0.2, -0.15) is 0 Å². The summed E-state index contributed by atoms with van der Waals surface area (Å²) < 4.78 is 0.836. The summed E-state index contributed by atoms with van der Waals surface area (Å²) in [5.74, 6) is -0.159. The molecular weight excluding hydrogens is 268 g/mol.